The second-order valence-corrected chi connectivity index (χ2v) is 5.73. The number of carboxylic acid groups (broad SMARTS) is 2. The van der Waals surface area contributed by atoms with Crippen molar-refractivity contribution in [1.82, 2.24) is 0 Å². The summed E-state index contributed by atoms with van der Waals surface area (Å²) in [6.07, 6.45) is 2.91. The molecule has 0 aliphatic carbocycles. The van der Waals surface area contributed by atoms with E-state index in [1.54, 1.807) is 48.5 Å². The van der Waals surface area contributed by atoms with Gasteiger partial charge in [0.25, 0.3) is 0 Å². The molecule has 132 valence electrons. The molecule has 1 aliphatic rings. The first-order chi connectivity index (χ1) is 12.5. The molecule has 6 nitrogen and oxygen atoms in total. The Bertz CT molecular complexity index is 852. The van der Waals surface area contributed by atoms with Crippen molar-refractivity contribution in [2.24, 2.45) is 0 Å². The van der Waals surface area contributed by atoms with Gasteiger partial charge in [-0.15, -0.1) is 0 Å². The maximum absolute atomic E-state index is 11.9. The third kappa shape index (κ3) is 3.30. The van der Waals surface area contributed by atoms with E-state index >= 15 is 0 Å². The van der Waals surface area contributed by atoms with Crippen molar-refractivity contribution in [3.8, 4) is 5.75 Å². The number of benzene rings is 2. The molecule has 3 rings (SSSR count). The Labute approximate surface area is 150 Å². The van der Waals surface area contributed by atoms with Gasteiger partial charge in [0.15, 0.2) is 0 Å². The Balaban J connectivity index is 2.11. The van der Waals surface area contributed by atoms with E-state index in [0.717, 1.165) is 0 Å². The maximum Gasteiger partial charge on any atom is 0.334 e. The third-order valence-electron chi connectivity index (χ3n) is 4.18. The molecule has 0 radical (unpaired) electrons. The first kappa shape index (κ1) is 17.3. The Hall–Kier alpha value is -3.54. The first-order valence-electron chi connectivity index (χ1n) is 7.88. The van der Waals surface area contributed by atoms with E-state index in [1.807, 2.05) is 6.07 Å². The minimum atomic E-state index is -1.17. The number of aliphatic carboxylic acids is 2. The molecule has 0 spiro atoms. The fraction of sp³-hybridized carbons (Fsp3) is 0.100. The van der Waals surface area contributed by atoms with E-state index in [0.29, 0.717) is 17.0 Å². The van der Waals surface area contributed by atoms with Crippen molar-refractivity contribution in [3.63, 3.8) is 0 Å². The summed E-state index contributed by atoms with van der Waals surface area (Å²) in [6.45, 7) is 0. The SMILES string of the molecule is COc1ccc(C2C(C(=O)O)=CN(c3ccccc3)C=C2C(=O)O)cc1. The fourth-order valence-electron chi connectivity index (χ4n) is 2.92. The van der Waals surface area contributed by atoms with Crippen LogP contribution in [0.4, 0.5) is 5.69 Å². The van der Waals surface area contributed by atoms with Gasteiger partial charge in [-0.1, -0.05) is 30.3 Å². The lowest BCUT2D eigenvalue weighted by Crippen LogP contribution is -2.27. The van der Waals surface area contributed by atoms with Gasteiger partial charge in [0.1, 0.15) is 5.75 Å². The number of hydrogen-bond donors (Lipinski definition) is 2. The van der Waals surface area contributed by atoms with Crippen LogP contribution in [0.25, 0.3) is 0 Å². The lowest BCUT2D eigenvalue weighted by Gasteiger charge is -2.29. The van der Waals surface area contributed by atoms with Gasteiger partial charge >= 0.3 is 11.9 Å². The second-order valence-electron chi connectivity index (χ2n) is 5.73. The van der Waals surface area contributed by atoms with Crippen LogP contribution >= 0.6 is 0 Å². The van der Waals surface area contributed by atoms with Crippen LogP contribution in [0.15, 0.2) is 78.1 Å². The van der Waals surface area contributed by atoms with Crippen molar-refractivity contribution in [3.05, 3.63) is 83.7 Å². The van der Waals surface area contributed by atoms with Crippen LogP contribution in [0.5, 0.6) is 5.75 Å². The lowest BCUT2D eigenvalue weighted by molar-refractivity contribution is -0.133. The Morgan fingerprint density at radius 2 is 1.42 bits per heavy atom. The van der Waals surface area contributed by atoms with Crippen molar-refractivity contribution < 1.29 is 24.5 Å². The van der Waals surface area contributed by atoms with Crippen LogP contribution in [0.1, 0.15) is 11.5 Å². The minimum Gasteiger partial charge on any atom is -0.497 e. The van der Waals surface area contributed by atoms with Crippen molar-refractivity contribution >= 4 is 17.6 Å². The molecule has 0 unspecified atom stereocenters. The summed E-state index contributed by atoms with van der Waals surface area (Å²) in [4.78, 5) is 25.3. The van der Waals surface area contributed by atoms with Gasteiger partial charge < -0.3 is 19.8 Å². The standard InChI is InChI=1S/C20H17NO5/c1-26-15-9-7-13(8-10-15)18-16(19(22)23)11-21(12-17(18)20(24)25)14-5-3-2-4-6-14/h2-12,18H,1H3,(H,22,23)(H,24,25). The molecule has 2 aromatic rings. The largest absolute Gasteiger partial charge is 0.497 e. The third-order valence-corrected chi connectivity index (χ3v) is 4.18. The van der Waals surface area contributed by atoms with E-state index < -0.39 is 17.9 Å². The quantitative estimate of drug-likeness (QED) is 0.860. The zero-order valence-electron chi connectivity index (χ0n) is 14.0. The van der Waals surface area contributed by atoms with Crippen molar-refractivity contribution in [1.29, 1.82) is 0 Å². The Kier molecular flexibility index (Phi) is 4.75. The molecule has 0 amide bonds. The van der Waals surface area contributed by atoms with Gasteiger partial charge in [-0.25, -0.2) is 9.59 Å². The number of hydrogen-bond acceptors (Lipinski definition) is 4. The van der Waals surface area contributed by atoms with Crippen molar-refractivity contribution in [2.45, 2.75) is 5.92 Å². The zero-order valence-corrected chi connectivity index (χ0v) is 14.0. The number of methoxy groups -OCH3 is 1. The van der Waals surface area contributed by atoms with Gasteiger partial charge in [0.05, 0.1) is 24.2 Å². The van der Waals surface area contributed by atoms with Gasteiger partial charge in [0.2, 0.25) is 0 Å². The van der Waals surface area contributed by atoms with Crippen molar-refractivity contribution in [2.75, 3.05) is 12.0 Å². The zero-order chi connectivity index (χ0) is 18.7. The molecule has 2 N–H and O–H groups in total. The normalized spacial score (nSPS) is 14.4. The highest BCUT2D eigenvalue weighted by Crippen LogP contribution is 2.38. The molecule has 1 aliphatic heterocycles. The summed E-state index contributed by atoms with van der Waals surface area (Å²) >= 11 is 0. The molecule has 0 saturated heterocycles. The summed E-state index contributed by atoms with van der Waals surface area (Å²) in [7, 11) is 1.53. The number of nitrogens with zero attached hydrogens (tertiary/aromatic N) is 1. The average Bonchev–Trinajstić information content (AvgIpc) is 2.67. The highest BCUT2D eigenvalue weighted by atomic mass is 16.5. The lowest BCUT2D eigenvalue weighted by atomic mass is 9.83. The van der Waals surface area contributed by atoms with E-state index in [-0.39, 0.29) is 11.1 Å². The molecular formula is C20H17NO5. The van der Waals surface area contributed by atoms with E-state index in [9.17, 15) is 19.8 Å². The maximum atomic E-state index is 11.9. The Morgan fingerprint density at radius 3 is 1.88 bits per heavy atom. The van der Waals surface area contributed by atoms with E-state index in [4.69, 9.17) is 4.74 Å². The van der Waals surface area contributed by atoms with Gasteiger partial charge in [0, 0.05) is 18.1 Å². The highest BCUT2D eigenvalue weighted by Gasteiger charge is 2.34. The molecule has 1 heterocycles. The number of rotatable bonds is 5. The van der Waals surface area contributed by atoms with Gasteiger partial charge in [-0.2, -0.15) is 0 Å². The average molecular weight is 351 g/mol. The van der Waals surface area contributed by atoms with Crippen LogP contribution in [-0.4, -0.2) is 29.3 Å². The highest BCUT2D eigenvalue weighted by molar-refractivity contribution is 5.98. The fourth-order valence-corrected chi connectivity index (χ4v) is 2.92. The number of para-hydroxylation sites is 1. The van der Waals surface area contributed by atoms with Gasteiger partial charge in [-0.3, -0.25) is 0 Å². The number of ether oxygens (including phenoxy) is 1. The summed E-state index contributed by atoms with van der Waals surface area (Å²) < 4.78 is 5.11. The second kappa shape index (κ2) is 7.14. The smallest absolute Gasteiger partial charge is 0.334 e. The monoisotopic (exact) mass is 351 g/mol. The summed E-state index contributed by atoms with van der Waals surface area (Å²) in [6, 6.07) is 15.7. The molecule has 26 heavy (non-hydrogen) atoms. The molecule has 0 saturated carbocycles. The van der Waals surface area contributed by atoms with E-state index in [2.05, 4.69) is 0 Å². The minimum absolute atomic E-state index is 0.0149. The van der Waals surface area contributed by atoms with E-state index in [1.165, 1.54) is 24.4 Å². The number of carbonyl (C=O) groups is 2. The van der Waals surface area contributed by atoms with Crippen LogP contribution < -0.4 is 9.64 Å². The Morgan fingerprint density at radius 1 is 0.885 bits per heavy atom. The topological polar surface area (TPSA) is 87.1 Å². The molecule has 0 bridgehead atoms. The summed E-state index contributed by atoms with van der Waals surface area (Å²) in [5, 5.41) is 19.4. The van der Waals surface area contributed by atoms with Crippen LogP contribution in [-0.2, 0) is 9.59 Å². The predicted molar refractivity (Wildman–Crippen MR) is 96.1 cm³/mol. The molecule has 0 fully saturated rings. The summed E-state index contributed by atoms with van der Waals surface area (Å²) in [5.41, 5.74) is 1.22. The molecule has 2 aromatic carbocycles. The van der Waals surface area contributed by atoms with Crippen LogP contribution in [0.2, 0.25) is 0 Å². The van der Waals surface area contributed by atoms with Crippen LogP contribution in [0, 0.1) is 0 Å². The molecule has 6 heteroatoms. The molecule has 0 atom stereocenters. The number of carboxylic acids is 2. The van der Waals surface area contributed by atoms with Gasteiger partial charge in [-0.05, 0) is 29.8 Å². The molecular weight excluding hydrogens is 334 g/mol. The number of anilines is 1. The molecule has 0 aromatic heterocycles. The van der Waals surface area contributed by atoms with Crippen LogP contribution in [0.3, 0.4) is 0 Å². The summed E-state index contributed by atoms with van der Waals surface area (Å²) in [5.74, 6) is -2.61. The first-order valence-corrected chi connectivity index (χ1v) is 7.88. The predicted octanol–water partition coefficient (Wildman–Crippen LogP) is 3.24.